The molecule has 25 heavy (non-hydrogen) atoms. The fraction of sp³-hybridized carbons (Fsp3) is 0.227. The molecule has 0 N–H and O–H groups in total. The van der Waals surface area contributed by atoms with Crippen molar-refractivity contribution in [1.82, 2.24) is 4.57 Å². The molecule has 128 valence electrons. The van der Waals surface area contributed by atoms with Crippen molar-refractivity contribution in [3.05, 3.63) is 100.0 Å². The SMILES string of the molecule is Cc1c(OCc2ccccc2)c(=O)ccn1CCCc1ccccc1. The second kappa shape index (κ2) is 8.34. The predicted octanol–water partition coefficient (Wildman–Crippen LogP) is 4.37. The van der Waals surface area contributed by atoms with Gasteiger partial charge in [0.2, 0.25) is 5.43 Å². The summed E-state index contributed by atoms with van der Waals surface area (Å²) in [5.74, 6) is 0.450. The summed E-state index contributed by atoms with van der Waals surface area (Å²) < 4.78 is 7.93. The molecule has 0 bridgehead atoms. The third kappa shape index (κ3) is 4.60. The van der Waals surface area contributed by atoms with E-state index in [0.29, 0.717) is 12.4 Å². The average molecular weight is 333 g/mol. The van der Waals surface area contributed by atoms with Crippen LogP contribution in [0.3, 0.4) is 0 Å². The van der Waals surface area contributed by atoms with Crippen LogP contribution in [0.4, 0.5) is 0 Å². The van der Waals surface area contributed by atoms with E-state index in [-0.39, 0.29) is 5.43 Å². The zero-order chi connectivity index (χ0) is 17.5. The molecule has 0 aliphatic heterocycles. The Labute approximate surface area is 148 Å². The third-order valence-corrected chi connectivity index (χ3v) is 4.32. The molecule has 0 saturated carbocycles. The van der Waals surface area contributed by atoms with E-state index in [1.807, 2.05) is 49.5 Å². The monoisotopic (exact) mass is 333 g/mol. The Morgan fingerprint density at radius 2 is 1.52 bits per heavy atom. The zero-order valence-corrected chi connectivity index (χ0v) is 14.5. The first-order valence-electron chi connectivity index (χ1n) is 8.65. The number of rotatable bonds is 7. The number of hydrogen-bond donors (Lipinski definition) is 0. The minimum Gasteiger partial charge on any atom is -0.483 e. The normalized spacial score (nSPS) is 10.6. The minimum atomic E-state index is -0.0623. The lowest BCUT2D eigenvalue weighted by Gasteiger charge is -2.15. The molecule has 0 atom stereocenters. The smallest absolute Gasteiger partial charge is 0.223 e. The zero-order valence-electron chi connectivity index (χ0n) is 14.5. The van der Waals surface area contributed by atoms with Gasteiger partial charge in [-0.25, -0.2) is 0 Å². The first-order chi connectivity index (χ1) is 12.2. The van der Waals surface area contributed by atoms with Crippen molar-refractivity contribution in [2.45, 2.75) is 32.9 Å². The Balaban J connectivity index is 1.66. The molecule has 2 aromatic carbocycles. The van der Waals surface area contributed by atoms with Crippen LogP contribution < -0.4 is 10.2 Å². The first kappa shape index (κ1) is 17.0. The maximum absolute atomic E-state index is 12.2. The van der Waals surface area contributed by atoms with Gasteiger partial charge >= 0.3 is 0 Å². The number of aromatic nitrogens is 1. The van der Waals surface area contributed by atoms with Crippen LogP contribution in [0.1, 0.15) is 23.2 Å². The lowest BCUT2D eigenvalue weighted by Crippen LogP contribution is -2.15. The van der Waals surface area contributed by atoms with E-state index < -0.39 is 0 Å². The second-order valence-electron chi connectivity index (χ2n) is 6.15. The molecule has 3 aromatic rings. The molecule has 0 amide bonds. The average Bonchev–Trinajstić information content (AvgIpc) is 2.65. The van der Waals surface area contributed by atoms with Crippen LogP contribution in [-0.4, -0.2) is 4.57 Å². The van der Waals surface area contributed by atoms with Crippen molar-refractivity contribution < 1.29 is 4.74 Å². The molecular weight excluding hydrogens is 310 g/mol. The fourth-order valence-electron chi connectivity index (χ4n) is 2.90. The van der Waals surface area contributed by atoms with Crippen LogP contribution in [0.25, 0.3) is 0 Å². The topological polar surface area (TPSA) is 31.2 Å². The minimum absolute atomic E-state index is 0.0623. The Morgan fingerprint density at radius 3 is 2.20 bits per heavy atom. The van der Waals surface area contributed by atoms with Gasteiger partial charge in [0.05, 0.1) is 5.69 Å². The van der Waals surface area contributed by atoms with Crippen molar-refractivity contribution in [3.63, 3.8) is 0 Å². The number of aryl methyl sites for hydroxylation is 2. The van der Waals surface area contributed by atoms with Gasteiger partial charge in [0.1, 0.15) is 6.61 Å². The van der Waals surface area contributed by atoms with E-state index in [2.05, 4.69) is 28.8 Å². The van der Waals surface area contributed by atoms with Gasteiger partial charge in [-0.15, -0.1) is 0 Å². The van der Waals surface area contributed by atoms with Gasteiger partial charge in [-0.2, -0.15) is 0 Å². The highest BCUT2D eigenvalue weighted by Crippen LogP contribution is 2.15. The summed E-state index contributed by atoms with van der Waals surface area (Å²) in [6.07, 6.45) is 3.90. The summed E-state index contributed by atoms with van der Waals surface area (Å²) in [7, 11) is 0. The highest BCUT2D eigenvalue weighted by molar-refractivity contribution is 5.28. The Bertz CT molecular complexity index is 854. The molecule has 1 heterocycles. The summed E-state index contributed by atoms with van der Waals surface area (Å²) in [6, 6.07) is 22.0. The van der Waals surface area contributed by atoms with Crippen LogP contribution in [0.2, 0.25) is 0 Å². The molecule has 3 heteroatoms. The fourth-order valence-corrected chi connectivity index (χ4v) is 2.90. The van der Waals surface area contributed by atoms with Crippen LogP contribution in [-0.2, 0) is 19.6 Å². The summed E-state index contributed by atoms with van der Waals surface area (Å²) in [5, 5.41) is 0. The molecule has 0 unspecified atom stereocenters. The molecule has 0 fully saturated rings. The van der Waals surface area contributed by atoms with Crippen LogP contribution in [0.15, 0.2) is 77.7 Å². The largest absolute Gasteiger partial charge is 0.483 e. The van der Waals surface area contributed by atoms with Crippen molar-refractivity contribution in [2.24, 2.45) is 0 Å². The van der Waals surface area contributed by atoms with E-state index in [4.69, 9.17) is 4.74 Å². The molecule has 1 aromatic heterocycles. The Hall–Kier alpha value is -2.81. The van der Waals surface area contributed by atoms with E-state index in [0.717, 1.165) is 30.6 Å². The number of pyridine rings is 1. The van der Waals surface area contributed by atoms with Gasteiger partial charge in [-0.05, 0) is 30.9 Å². The summed E-state index contributed by atoms with van der Waals surface area (Å²) in [5.41, 5.74) is 3.21. The van der Waals surface area contributed by atoms with E-state index in [1.54, 1.807) is 6.07 Å². The highest BCUT2D eigenvalue weighted by atomic mass is 16.5. The lowest BCUT2D eigenvalue weighted by molar-refractivity contribution is 0.297. The molecule has 3 nitrogen and oxygen atoms in total. The number of hydrogen-bond acceptors (Lipinski definition) is 2. The number of benzene rings is 2. The Kier molecular flexibility index (Phi) is 5.68. The highest BCUT2D eigenvalue weighted by Gasteiger charge is 2.09. The first-order valence-corrected chi connectivity index (χ1v) is 8.65. The van der Waals surface area contributed by atoms with Crippen molar-refractivity contribution in [2.75, 3.05) is 0 Å². The van der Waals surface area contributed by atoms with Crippen LogP contribution in [0.5, 0.6) is 5.75 Å². The van der Waals surface area contributed by atoms with Crippen molar-refractivity contribution in [1.29, 1.82) is 0 Å². The molecule has 0 aliphatic carbocycles. The van der Waals surface area contributed by atoms with Crippen molar-refractivity contribution >= 4 is 0 Å². The van der Waals surface area contributed by atoms with E-state index in [1.165, 1.54) is 5.56 Å². The molecule has 3 rings (SSSR count). The molecule has 0 aliphatic rings. The maximum atomic E-state index is 12.2. The van der Waals surface area contributed by atoms with Crippen LogP contribution in [0, 0.1) is 6.92 Å². The second-order valence-corrected chi connectivity index (χ2v) is 6.15. The Morgan fingerprint density at radius 1 is 0.880 bits per heavy atom. The third-order valence-electron chi connectivity index (χ3n) is 4.32. The molecule has 0 spiro atoms. The lowest BCUT2D eigenvalue weighted by atomic mass is 10.1. The number of nitrogens with zero attached hydrogens (tertiary/aromatic N) is 1. The summed E-state index contributed by atoms with van der Waals surface area (Å²) >= 11 is 0. The quantitative estimate of drug-likeness (QED) is 0.643. The van der Waals surface area contributed by atoms with E-state index >= 15 is 0 Å². The molecule has 0 saturated heterocycles. The van der Waals surface area contributed by atoms with Gasteiger partial charge in [-0.1, -0.05) is 60.7 Å². The van der Waals surface area contributed by atoms with Gasteiger partial charge in [0.15, 0.2) is 5.75 Å². The van der Waals surface area contributed by atoms with Gasteiger partial charge in [0.25, 0.3) is 0 Å². The molecule has 0 radical (unpaired) electrons. The van der Waals surface area contributed by atoms with Crippen molar-refractivity contribution in [3.8, 4) is 5.75 Å². The predicted molar refractivity (Wildman–Crippen MR) is 101 cm³/mol. The molecular formula is C22H23NO2. The van der Waals surface area contributed by atoms with Crippen LogP contribution >= 0.6 is 0 Å². The van der Waals surface area contributed by atoms with Gasteiger partial charge in [-0.3, -0.25) is 4.79 Å². The maximum Gasteiger partial charge on any atom is 0.223 e. The number of ether oxygens (including phenoxy) is 1. The van der Waals surface area contributed by atoms with Gasteiger partial charge in [0, 0.05) is 18.8 Å². The van der Waals surface area contributed by atoms with E-state index in [9.17, 15) is 4.79 Å². The summed E-state index contributed by atoms with van der Waals surface area (Å²) in [4.78, 5) is 12.2. The summed E-state index contributed by atoms with van der Waals surface area (Å²) in [6.45, 7) is 3.22. The van der Waals surface area contributed by atoms with Gasteiger partial charge < -0.3 is 9.30 Å². The standard InChI is InChI=1S/C22H23NO2/c1-18-22(25-17-20-11-6-3-7-12-20)21(24)14-16-23(18)15-8-13-19-9-4-2-5-10-19/h2-7,9-12,14,16H,8,13,15,17H2,1H3.